The van der Waals surface area contributed by atoms with Gasteiger partial charge in [0.15, 0.2) is 0 Å². The molecule has 0 fully saturated rings. The van der Waals surface area contributed by atoms with Gasteiger partial charge in [0.25, 0.3) is 0 Å². The van der Waals surface area contributed by atoms with E-state index in [1.807, 2.05) is 18.2 Å². The Kier molecular flexibility index (Phi) is 4.79. The predicted molar refractivity (Wildman–Crippen MR) is 80.1 cm³/mol. The molecule has 1 heterocycles. The van der Waals surface area contributed by atoms with Gasteiger partial charge in [-0.1, -0.05) is 11.6 Å². The highest BCUT2D eigenvalue weighted by Crippen LogP contribution is 2.36. The molecule has 0 spiro atoms. The summed E-state index contributed by atoms with van der Waals surface area (Å²) in [6.45, 7) is 2.07. The van der Waals surface area contributed by atoms with Gasteiger partial charge >= 0.3 is 0 Å². The van der Waals surface area contributed by atoms with Gasteiger partial charge in [-0.25, -0.2) is 0 Å². The lowest BCUT2D eigenvalue weighted by molar-refractivity contribution is 0.404. The summed E-state index contributed by atoms with van der Waals surface area (Å²) in [4.78, 5) is 0. The minimum Gasteiger partial charge on any atom is -0.495 e. The van der Waals surface area contributed by atoms with Crippen LogP contribution in [0.2, 0.25) is 5.02 Å². The lowest BCUT2D eigenvalue weighted by Crippen LogP contribution is -2.18. The molecule has 108 valence electrons. The van der Waals surface area contributed by atoms with Crippen molar-refractivity contribution in [2.24, 2.45) is 0 Å². The van der Waals surface area contributed by atoms with E-state index in [-0.39, 0.29) is 6.04 Å². The molecule has 5 heteroatoms. The Hall–Kier alpha value is -1.81. The Balaban J connectivity index is 2.14. The topological polar surface area (TPSA) is 43.6 Å². The van der Waals surface area contributed by atoms with Gasteiger partial charge < -0.3 is 19.2 Å². The minimum atomic E-state index is 0.181. The number of methoxy groups -OCH3 is 2. The van der Waals surface area contributed by atoms with E-state index in [1.54, 1.807) is 26.5 Å². The molecular formula is C15H18ClNO3. The van der Waals surface area contributed by atoms with E-state index in [9.17, 15) is 0 Å². The molecule has 0 saturated carbocycles. The molecular weight excluding hydrogens is 278 g/mol. The van der Waals surface area contributed by atoms with E-state index >= 15 is 0 Å². The van der Waals surface area contributed by atoms with E-state index in [0.29, 0.717) is 16.5 Å². The third kappa shape index (κ3) is 3.39. The van der Waals surface area contributed by atoms with Crippen molar-refractivity contribution in [3.8, 4) is 11.5 Å². The number of hydrogen-bond acceptors (Lipinski definition) is 4. The van der Waals surface area contributed by atoms with E-state index in [0.717, 1.165) is 17.9 Å². The normalized spacial score (nSPS) is 12.0. The smallest absolute Gasteiger partial charge is 0.143 e. The molecule has 4 nitrogen and oxygen atoms in total. The SMILES string of the molecule is COc1cc(NC(C)Cc2ccco2)c(OC)cc1Cl. The Labute approximate surface area is 123 Å². The van der Waals surface area contributed by atoms with Crippen molar-refractivity contribution in [2.45, 2.75) is 19.4 Å². The first kappa shape index (κ1) is 14.6. The van der Waals surface area contributed by atoms with Crippen LogP contribution in [0, 0.1) is 0 Å². The maximum atomic E-state index is 6.08. The van der Waals surface area contributed by atoms with Crippen molar-refractivity contribution < 1.29 is 13.9 Å². The Morgan fingerprint density at radius 1 is 1.25 bits per heavy atom. The number of nitrogens with one attached hydrogen (secondary N) is 1. The number of ether oxygens (including phenoxy) is 2. The molecule has 1 atom stereocenters. The molecule has 1 N–H and O–H groups in total. The first-order valence-corrected chi connectivity index (χ1v) is 6.72. The fourth-order valence-electron chi connectivity index (χ4n) is 2.02. The van der Waals surface area contributed by atoms with Crippen LogP contribution >= 0.6 is 11.6 Å². The second kappa shape index (κ2) is 6.57. The second-order valence-corrected chi connectivity index (χ2v) is 4.92. The molecule has 0 radical (unpaired) electrons. The largest absolute Gasteiger partial charge is 0.495 e. The quantitative estimate of drug-likeness (QED) is 0.875. The summed E-state index contributed by atoms with van der Waals surface area (Å²) in [5, 5.41) is 3.90. The van der Waals surface area contributed by atoms with Crippen LogP contribution in [0.4, 0.5) is 5.69 Å². The van der Waals surface area contributed by atoms with E-state index in [4.69, 9.17) is 25.5 Å². The molecule has 20 heavy (non-hydrogen) atoms. The summed E-state index contributed by atoms with van der Waals surface area (Å²) < 4.78 is 15.9. The van der Waals surface area contributed by atoms with Crippen LogP contribution in [0.25, 0.3) is 0 Å². The van der Waals surface area contributed by atoms with Crippen LogP contribution in [-0.2, 0) is 6.42 Å². The predicted octanol–water partition coefficient (Wildman–Crippen LogP) is 3.99. The van der Waals surface area contributed by atoms with E-state index in [2.05, 4.69) is 12.2 Å². The number of anilines is 1. The molecule has 2 aromatic rings. The van der Waals surface area contributed by atoms with E-state index < -0.39 is 0 Å². The van der Waals surface area contributed by atoms with Gasteiger partial charge in [0, 0.05) is 24.6 Å². The van der Waals surface area contributed by atoms with Gasteiger partial charge in [-0.15, -0.1) is 0 Å². The fourth-order valence-corrected chi connectivity index (χ4v) is 2.25. The molecule has 0 amide bonds. The lowest BCUT2D eigenvalue weighted by Gasteiger charge is -2.18. The first-order valence-electron chi connectivity index (χ1n) is 6.34. The zero-order valence-electron chi connectivity index (χ0n) is 11.8. The molecule has 0 aliphatic heterocycles. The maximum absolute atomic E-state index is 6.08. The average molecular weight is 296 g/mol. The number of furan rings is 1. The molecule has 1 aromatic carbocycles. The monoisotopic (exact) mass is 295 g/mol. The summed E-state index contributed by atoms with van der Waals surface area (Å²) in [6, 6.07) is 7.59. The van der Waals surface area contributed by atoms with E-state index in [1.165, 1.54) is 0 Å². The molecule has 2 rings (SSSR count). The number of benzene rings is 1. The number of rotatable bonds is 6. The Morgan fingerprint density at radius 2 is 2.00 bits per heavy atom. The Morgan fingerprint density at radius 3 is 2.60 bits per heavy atom. The highest BCUT2D eigenvalue weighted by atomic mass is 35.5. The highest BCUT2D eigenvalue weighted by Gasteiger charge is 2.13. The van der Waals surface area contributed by atoms with Gasteiger partial charge in [0.1, 0.15) is 17.3 Å². The molecule has 1 unspecified atom stereocenters. The van der Waals surface area contributed by atoms with Gasteiger partial charge in [-0.3, -0.25) is 0 Å². The summed E-state index contributed by atoms with van der Waals surface area (Å²) in [6.07, 6.45) is 2.45. The molecule has 0 aliphatic rings. The molecule has 0 bridgehead atoms. The van der Waals surface area contributed by atoms with Crippen molar-refractivity contribution in [2.75, 3.05) is 19.5 Å². The van der Waals surface area contributed by atoms with Gasteiger partial charge in [-0.2, -0.15) is 0 Å². The van der Waals surface area contributed by atoms with Crippen LogP contribution in [0.15, 0.2) is 34.9 Å². The van der Waals surface area contributed by atoms with Crippen molar-refractivity contribution >= 4 is 17.3 Å². The number of halogens is 1. The van der Waals surface area contributed by atoms with Gasteiger partial charge in [-0.05, 0) is 19.1 Å². The zero-order chi connectivity index (χ0) is 14.5. The van der Waals surface area contributed by atoms with Crippen LogP contribution in [0.5, 0.6) is 11.5 Å². The standard InChI is InChI=1S/C15H18ClNO3/c1-10(7-11-5-4-6-20-11)17-13-9-14(18-2)12(16)8-15(13)19-3/h4-6,8-10,17H,7H2,1-3H3. The Bertz CT molecular complexity index is 554. The average Bonchev–Trinajstić information content (AvgIpc) is 2.92. The second-order valence-electron chi connectivity index (χ2n) is 4.52. The highest BCUT2D eigenvalue weighted by molar-refractivity contribution is 6.32. The molecule has 1 aromatic heterocycles. The zero-order valence-corrected chi connectivity index (χ0v) is 12.5. The fraction of sp³-hybridized carbons (Fsp3) is 0.333. The van der Waals surface area contributed by atoms with Crippen LogP contribution in [-0.4, -0.2) is 20.3 Å². The van der Waals surface area contributed by atoms with Crippen molar-refractivity contribution in [1.82, 2.24) is 0 Å². The van der Waals surface area contributed by atoms with Gasteiger partial charge in [0.05, 0.1) is 31.2 Å². The van der Waals surface area contributed by atoms with Crippen molar-refractivity contribution in [3.63, 3.8) is 0 Å². The molecule has 0 saturated heterocycles. The van der Waals surface area contributed by atoms with Crippen LogP contribution in [0.1, 0.15) is 12.7 Å². The minimum absolute atomic E-state index is 0.181. The van der Waals surface area contributed by atoms with Crippen LogP contribution in [0.3, 0.4) is 0 Å². The summed E-state index contributed by atoms with van der Waals surface area (Å²) >= 11 is 6.08. The third-order valence-corrected chi connectivity index (χ3v) is 3.26. The molecule has 0 aliphatic carbocycles. The van der Waals surface area contributed by atoms with Gasteiger partial charge in [0.2, 0.25) is 0 Å². The third-order valence-electron chi connectivity index (χ3n) is 2.96. The van der Waals surface area contributed by atoms with Crippen molar-refractivity contribution in [1.29, 1.82) is 0 Å². The summed E-state index contributed by atoms with van der Waals surface area (Å²) in [5.41, 5.74) is 0.841. The summed E-state index contributed by atoms with van der Waals surface area (Å²) in [7, 11) is 3.20. The lowest BCUT2D eigenvalue weighted by atomic mass is 10.1. The van der Waals surface area contributed by atoms with Crippen molar-refractivity contribution in [3.05, 3.63) is 41.3 Å². The summed E-state index contributed by atoms with van der Waals surface area (Å²) in [5.74, 6) is 2.23. The van der Waals surface area contributed by atoms with Crippen LogP contribution < -0.4 is 14.8 Å². The maximum Gasteiger partial charge on any atom is 0.143 e. The number of hydrogen-bond donors (Lipinski definition) is 1. The first-order chi connectivity index (χ1) is 9.63.